The fourth-order valence-corrected chi connectivity index (χ4v) is 3.57. The smallest absolute Gasteiger partial charge is 0.337 e. The number of carbonyl (C=O) groups excluding carboxylic acids is 3. The molecule has 150 valence electrons. The quantitative estimate of drug-likeness (QED) is 0.615. The third-order valence-corrected chi connectivity index (χ3v) is 5.03. The summed E-state index contributed by atoms with van der Waals surface area (Å²) in [5.74, 6) is 0.479. The molecule has 1 atom stereocenters. The summed E-state index contributed by atoms with van der Waals surface area (Å²) >= 11 is 0. The zero-order valence-corrected chi connectivity index (χ0v) is 16.1. The summed E-state index contributed by atoms with van der Waals surface area (Å²) in [5, 5.41) is 2.79. The van der Waals surface area contributed by atoms with E-state index in [1.165, 1.54) is 7.11 Å². The van der Waals surface area contributed by atoms with E-state index in [-0.39, 0.29) is 19.2 Å². The van der Waals surface area contributed by atoms with E-state index in [4.69, 9.17) is 14.2 Å². The fourth-order valence-electron chi connectivity index (χ4n) is 3.57. The Morgan fingerprint density at radius 1 is 1.14 bits per heavy atom. The number of ether oxygens (including phenoxy) is 3. The lowest BCUT2D eigenvalue weighted by Gasteiger charge is -2.22. The number of hydrogen-bond acceptors (Lipinski definition) is 6. The molecule has 0 unspecified atom stereocenters. The predicted octanol–water partition coefficient (Wildman–Crippen LogP) is 2.26. The SMILES string of the molecule is COC(=O)c1cccc(CN2C(=O)N[C@](C)(Cc3ccc4c(c3)OCO4)C2=O)c1. The molecule has 0 saturated carbocycles. The van der Waals surface area contributed by atoms with Crippen LogP contribution in [0.1, 0.15) is 28.4 Å². The third-order valence-electron chi connectivity index (χ3n) is 5.03. The molecule has 2 aromatic carbocycles. The Hall–Kier alpha value is -3.55. The van der Waals surface area contributed by atoms with Crippen LogP contribution in [0, 0.1) is 0 Å². The molecule has 0 spiro atoms. The molecule has 2 heterocycles. The van der Waals surface area contributed by atoms with Gasteiger partial charge in [0.1, 0.15) is 5.54 Å². The molecule has 8 nitrogen and oxygen atoms in total. The number of nitrogens with zero attached hydrogens (tertiary/aromatic N) is 1. The van der Waals surface area contributed by atoms with Gasteiger partial charge < -0.3 is 19.5 Å². The Bertz CT molecular complexity index is 1000. The lowest BCUT2D eigenvalue weighted by Crippen LogP contribution is -2.45. The Morgan fingerprint density at radius 2 is 1.93 bits per heavy atom. The van der Waals surface area contributed by atoms with Gasteiger partial charge in [-0.3, -0.25) is 9.69 Å². The molecular formula is C21H20N2O6. The lowest BCUT2D eigenvalue weighted by molar-refractivity contribution is -0.131. The van der Waals surface area contributed by atoms with Crippen molar-refractivity contribution in [2.75, 3.05) is 13.9 Å². The van der Waals surface area contributed by atoms with Gasteiger partial charge in [-0.15, -0.1) is 0 Å². The lowest BCUT2D eigenvalue weighted by atomic mass is 9.92. The van der Waals surface area contributed by atoms with Crippen LogP contribution >= 0.6 is 0 Å². The number of benzene rings is 2. The number of fused-ring (bicyclic) bond motifs is 1. The second kappa shape index (κ2) is 7.12. The fraction of sp³-hybridized carbons (Fsp3) is 0.286. The van der Waals surface area contributed by atoms with Crippen LogP contribution in [0.25, 0.3) is 0 Å². The van der Waals surface area contributed by atoms with Crippen LogP contribution < -0.4 is 14.8 Å². The number of imide groups is 1. The van der Waals surface area contributed by atoms with Gasteiger partial charge in [-0.25, -0.2) is 9.59 Å². The first kappa shape index (κ1) is 18.8. The Morgan fingerprint density at radius 3 is 2.72 bits per heavy atom. The van der Waals surface area contributed by atoms with Gasteiger partial charge in [0.15, 0.2) is 11.5 Å². The molecule has 1 fully saturated rings. The minimum Gasteiger partial charge on any atom is -0.465 e. The summed E-state index contributed by atoms with van der Waals surface area (Å²) in [6, 6.07) is 11.6. The van der Waals surface area contributed by atoms with E-state index in [1.54, 1.807) is 37.3 Å². The Labute approximate surface area is 167 Å². The number of esters is 1. The van der Waals surface area contributed by atoms with Crippen LogP contribution in [0.4, 0.5) is 4.79 Å². The minimum atomic E-state index is -1.08. The number of carbonyl (C=O) groups is 3. The molecule has 4 rings (SSSR count). The van der Waals surface area contributed by atoms with Gasteiger partial charge in [-0.2, -0.15) is 0 Å². The molecule has 1 saturated heterocycles. The van der Waals surface area contributed by atoms with Gasteiger partial charge in [0, 0.05) is 6.42 Å². The molecule has 0 aliphatic carbocycles. The van der Waals surface area contributed by atoms with Gasteiger partial charge in [0.2, 0.25) is 6.79 Å². The molecule has 2 aliphatic heterocycles. The van der Waals surface area contributed by atoms with E-state index < -0.39 is 17.5 Å². The van der Waals surface area contributed by atoms with Crippen LogP contribution in [0.2, 0.25) is 0 Å². The summed E-state index contributed by atoms with van der Waals surface area (Å²) in [6.07, 6.45) is 0.312. The highest BCUT2D eigenvalue weighted by Crippen LogP contribution is 2.34. The first-order valence-electron chi connectivity index (χ1n) is 9.09. The van der Waals surface area contributed by atoms with Gasteiger partial charge in [0.05, 0.1) is 19.2 Å². The standard InChI is InChI=1S/C21H20N2O6/c1-21(10-13-6-7-16-17(9-13)29-12-28-16)19(25)23(20(26)22-21)11-14-4-3-5-15(8-14)18(24)27-2/h3-9H,10-12H2,1-2H3,(H,22,26)/t21-/m1/s1. The first-order valence-corrected chi connectivity index (χ1v) is 9.09. The number of amides is 3. The first-order chi connectivity index (χ1) is 13.9. The second-order valence-electron chi connectivity index (χ2n) is 7.21. The van der Waals surface area contributed by atoms with Crippen molar-refractivity contribution in [2.45, 2.75) is 25.4 Å². The number of rotatable bonds is 5. The Balaban J connectivity index is 1.52. The highest BCUT2D eigenvalue weighted by atomic mass is 16.7. The summed E-state index contributed by atoms with van der Waals surface area (Å²) in [7, 11) is 1.30. The maximum Gasteiger partial charge on any atom is 0.337 e. The maximum atomic E-state index is 13.1. The van der Waals surface area contributed by atoms with Crippen LogP contribution in [0.5, 0.6) is 11.5 Å². The van der Waals surface area contributed by atoms with E-state index in [9.17, 15) is 14.4 Å². The van der Waals surface area contributed by atoms with Crippen molar-refractivity contribution in [1.82, 2.24) is 10.2 Å². The molecule has 3 amide bonds. The summed E-state index contributed by atoms with van der Waals surface area (Å²) in [5.41, 5.74) is 0.786. The van der Waals surface area contributed by atoms with E-state index in [1.807, 2.05) is 12.1 Å². The average Bonchev–Trinajstić information content (AvgIpc) is 3.25. The molecule has 2 aromatic rings. The Kier molecular flexibility index (Phi) is 4.62. The van der Waals surface area contributed by atoms with E-state index in [0.29, 0.717) is 29.0 Å². The van der Waals surface area contributed by atoms with Crippen molar-refractivity contribution < 1.29 is 28.6 Å². The normalized spacial score (nSPS) is 20.0. The average molecular weight is 396 g/mol. The largest absolute Gasteiger partial charge is 0.465 e. The van der Waals surface area contributed by atoms with Crippen LogP contribution in [-0.2, 0) is 22.5 Å². The number of methoxy groups -OCH3 is 1. The van der Waals surface area contributed by atoms with Gasteiger partial charge in [0.25, 0.3) is 5.91 Å². The molecule has 0 bridgehead atoms. The molecule has 0 aromatic heterocycles. The van der Waals surface area contributed by atoms with Gasteiger partial charge in [-0.1, -0.05) is 18.2 Å². The van der Waals surface area contributed by atoms with Crippen molar-refractivity contribution in [2.24, 2.45) is 0 Å². The predicted molar refractivity (Wildman–Crippen MR) is 102 cm³/mol. The van der Waals surface area contributed by atoms with Crippen LogP contribution in [-0.4, -0.2) is 42.2 Å². The van der Waals surface area contributed by atoms with Crippen molar-refractivity contribution in [3.63, 3.8) is 0 Å². The minimum absolute atomic E-state index is 0.0617. The number of hydrogen-bond donors (Lipinski definition) is 1. The zero-order chi connectivity index (χ0) is 20.6. The van der Waals surface area contributed by atoms with Crippen molar-refractivity contribution in [3.8, 4) is 11.5 Å². The molecule has 0 radical (unpaired) electrons. The molecule has 2 aliphatic rings. The van der Waals surface area contributed by atoms with Crippen LogP contribution in [0.3, 0.4) is 0 Å². The van der Waals surface area contributed by atoms with Crippen molar-refractivity contribution in [1.29, 1.82) is 0 Å². The van der Waals surface area contributed by atoms with Crippen LogP contribution in [0.15, 0.2) is 42.5 Å². The maximum absolute atomic E-state index is 13.1. The number of urea groups is 1. The zero-order valence-electron chi connectivity index (χ0n) is 16.1. The van der Waals surface area contributed by atoms with E-state index >= 15 is 0 Å². The highest BCUT2D eigenvalue weighted by molar-refractivity contribution is 6.07. The van der Waals surface area contributed by atoms with Gasteiger partial charge in [-0.05, 0) is 42.3 Å². The second-order valence-corrected chi connectivity index (χ2v) is 7.21. The highest BCUT2D eigenvalue weighted by Gasteiger charge is 2.47. The van der Waals surface area contributed by atoms with E-state index in [0.717, 1.165) is 10.5 Å². The number of nitrogens with one attached hydrogen (secondary N) is 1. The molecule has 1 N–H and O–H groups in total. The molecule has 29 heavy (non-hydrogen) atoms. The molecule has 8 heteroatoms. The topological polar surface area (TPSA) is 94.2 Å². The van der Waals surface area contributed by atoms with Crippen molar-refractivity contribution >= 4 is 17.9 Å². The summed E-state index contributed by atoms with van der Waals surface area (Å²) in [6.45, 7) is 1.93. The third kappa shape index (κ3) is 3.49. The van der Waals surface area contributed by atoms with E-state index in [2.05, 4.69) is 5.32 Å². The summed E-state index contributed by atoms with van der Waals surface area (Å²) in [4.78, 5) is 38.4. The molecular weight excluding hydrogens is 376 g/mol. The summed E-state index contributed by atoms with van der Waals surface area (Å²) < 4.78 is 15.4. The van der Waals surface area contributed by atoms with Gasteiger partial charge >= 0.3 is 12.0 Å². The monoisotopic (exact) mass is 396 g/mol. The van der Waals surface area contributed by atoms with Crippen molar-refractivity contribution in [3.05, 3.63) is 59.2 Å².